The summed E-state index contributed by atoms with van der Waals surface area (Å²) in [6, 6.07) is 110. The number of allylic oxidation sites excluding steroid dienone is 6. The number of aromatic nitrogens is 5. The standard InChI is InChI=1S/C22H16N.C21H12F2N.C15H10N.C13H8NS.C11H8N.3C5H8O2.4Ir/c1-16-9-5-6-12-18(16)22-15-20(17-10-3-2-4-11-17)19-13-7-8-14-21(19)23-22;22-15-10-11-17(19(23)12-15)21-13-18(14-6-2-1-3-7-14)16-8-4-5-9-20(16)24-21;1-2-7-13(8-3-1)15-14-9-5-4-6-12(14)10-11-16-15;1-2-7-12-10(5-1)9-13(15-12)11-6-3-4-8-14-11;1-2-6-10(7-3-1)11-8-4-5-9-12-11;3*1-4(6)3-5(2)7;;;;/h2-11,13-15H,1H3;1-10,12-13H;1-7,9-11H;1-8H;1-6,8-9H;3*3,6H,1-2H3;;;;/q5*-1;;;;;;;. The molecule has 0 unspecified atom stereocenters. The van der Waals surface area contributed by atoms with E-state index in [9.17, 15) is 23.2 Å². The number of fused-ring (bicyclic) bond motifs is 4. The molecule has 11 nitrogen and oxygen atoms in total. The number of thiophene rings is 1. The molecule has 18 heteroatoms. The number of aliphatic hydroxyl groups is 3. The normalized spacial score (nSPS) is 10.4. The van der Waals surface area contributed by atoms with Crippen LogP contribution in [-0.2, 0) is 94.8 Å². The molecule has 0 aliphatic heterocycles. The molecule has 0 atom stereocenters. The molecular weight excluding hydrogens is 2170 g/mol. The van der Waals surface area contributed by atoms with E-state index in [-0.39, 0.29) is 121 Å². The first kappa shape index (κ1) is 94.4. The van der Waals surface area contributed by atoms with Gasteiger partial charge in [-0.05, 0) is 137 Å². The predicted octanol–water partition coefficient (Wildman–Crippen LogP) is 24.4. The van der Waals surface area contributed by atoms with Crippen molar-refractivity contribution in [3.05, 3.63) is 393 Å². The average molecular weight is 2250 g/mol. The molecule has 16 aromatic rings. The van der Waals surface area contributed by atoms with Crippen molar-refractivity contribution in [1.82, 2.24) is 24.9 Å². The number of aliphatic hydroxyl groups excluding tert-OH is 3. The molecule has 0 bridgehead atoms. The van der Waals surface area contributed by atoms with Gasteiger partial charge in [-0.2, -0.15) is 0 Å². The smallest absolute Gasteiger partial charge is 0.155 e. The molecular formula is C97H78F2Ir4N5O6S-5. The van der Waals surface area contributed by atoms with Gasteiger partial charge in [-0.15, -0.1) is 143 Å². The van der Waals surface area contributed by atoms with Gasteiger partial charge in [-0.1, -0.05) is 188 Å². The van der Waals surface area contributed by atoms with Gasteiger partial charge in [-0.25, -0.2) is 11.3 Å². The van der Waals surface area contributed by atoms with Crippen LogP contribution in [0.5, 0.6) is 0 Å². The quantitative estimate of drug-likeness (QED) is 0.0675. The van der Waals surface area contributed by atoms with Gasteiger partial charge in [-0.3, -0.25) is 33.1 Å². The minimum Gasteiger partial charge on any atom is -0.512 e. The van der Waals surface area contributed by atoms with E-state index in [0.717, 1.165) is 84.0 Å². The molecule has 0 amide bonds. The molecule has 0 aliphatic rings. The Bertz CT molecular complexity index is 5680. The molecule has 10 aromatic carbocycles. The molecule has 0 fully saturated rings. The molecule has 0 saturated carbocycles. The topological polar surface area (TPSA) is 176 Å². The van der Waals surface area contributed by atoms with Crippen molar-refractivity contribution >= 4 is 71.4 Å². The van der Waals surface area contributed by atoms with Crippen LogP contribution in [0.15, 0.2) is 345 Å². The fourth-order valence-electron chi connectivity index (χ4n) is 11.1. The minimum atomic E-state index is -0.670. The zero-order valence-corrected chi connectivity index (χ0v) is 73.9. The zero-order valence-electron chi connectivity index (χ0n) is 63.5. The summed E-state index contributed by atoms with van der Waals surface area (Å²) in [6.07, 6.45) is 8.95. The fraction of sp³-hybridized carbons (Fsp3) is 0.0722. The number of benzene rings is 10. The summed E-state index contributed by atoms with van der Waals surface area (Å²) in [5.41, 5.74) is 15.0. The Morgan fingerprint density at radius 3 is 1.32 bits per heavy atom. The number of hydrogen-bond donors (Lipinski definition) is 3. The van der Waals surface area contributed by atoms with Crippen LogP contribution >= 0.6 is 11.3 Å². The molecule has 6 aromatic heterocycles. The molecule has 6 heterocycles. The maximum Gasteiger partial charge on any atom is 0.155 e. The summed E-state index contributed by atoms with van der Waals surface area (Å²) in [4.78, 5) is 53.5. The molecule has 588 valence electrons. The Balaban J connectivity index is 0.000000243. The molecule has 0 saturated heterocycles. The van der Waals surface area contributed by atoms with Crippen LogP contribution in [0.25, 0.3) is 121 Å². The zero-order chi connectivity index (χ0) is 78.9. The van der Waals surface area contributed by atoms with E-state index < -0.39 is 11.6 Å². The second-order valence-electron chi connectivity index (χ2n) is 24.8. The molecule has 16 rings (SSSR count). The third-order valence-electron chi connectivity index (χ3n) is 15.8. The van der Waals surface area contributed by atoms with Crippen molar-refractivity contribution in [3.8, 4) is 77.9 Å². The number of hydrogen-bond acceptors (Lipinski definition) is 12. The van der Waals surface area contributed by atoms with Gasteiger partial charge in [0.1, 0.15) is 0 Å². The van der Waals surface area contributed by atoms with Crippen molar-refractivity contribution in [2.24, 2.45) is 0 Å². The van der Waals surface area contributed by atoms with Crippen LogP contribution < -0.4 is 0 Å². The summed E-state index contributed by atoms with van der Waals surface area (Å²) < 4.78 is 28.6. The van der Waals surface area contributed by atoms with Crippen LogP contribution in [0.3, 0.4) is 0 Å². The summed E-state index contributed by atoms with van der Waals surface area (Å²) >= 11 is 1.73. The number of para-hydroxylation sites is 2. The minimum absolute atomic E-state index is 0. The van der Waals surface area contributed by atoms with E-state index in [2.05, 4.69) is 142 Å². The van der Waals surface area contributed by atoms with E-state index in [1.807, 2.05) is 207 Å². The Morgan fingerprint density at radius 2 is 0.852 bits per heavy atom. The van der Waals surface area contributed by atoms with Gasteiger partial charge in [0, 0.05) is 145 Å². The third kappa shape index (κ3) is 29.9. The molecule has 4 radical (unpaired) electrons. The SMILES string of the molecule is CC(=O)C=C(C)O.CC(=O)C=C(C)O.CC(=O)C=C(C)O.Cc1ccc[c-]c1-c1cc(-c2ccccc2)c2ccccc2n1.Fc1c[c-]c(-c2cc(-c3ccccc3)c3ccccc3n2)c(F)c1.[Ir].[Ir].[Ir].[Ir].[c-]1c(-c2ccccn2)sc2ccccc12.[c-]1ccccc1-c1ccccn1.[c-]1ccccc1-c1nccc2ccccc12. The predicted molar refractivity (Wildman–Crippen MR) is 447 cm³/mol. The van der Waals surface area contributed by atoms with Crippen molar-refractivity contribution in [3.63, 3.8) is 0 Å². The summed E-state index contributed by atoms with van der Waals surface area (Å²) in [5, 5.41) is 30.8. The van der Waals surface area contributed by atoms with Crippen LogP contribution in [0.2, 0.25) is 0 Å². The van der Waals surface area contributed by atoms with E-state index in [1.54, 1.807) is 17.5 Å². The van der Waals surface area contributed by atoms with Gasteiger partial charge in [0.05, 0.1) is 28.3 Å². The van der Waals surface area contributed by atoms with Gasteiger partial charge in [0.2, 0.25) is 0 Å². The van der Waals surface area contributed by atoms with Crippen LogP contribution in [0.1, 0.15) is 47.1 Å². The van der Waals surface area contributed by atoms with E-state index in [4.69, 9.17) is 20.3 Å². The Hall–Kier alpha value is -11.2. The van der Waals surface area contributed by atoms with Gasteiger partial charge < -0.3 is 30.3 Å². The van der Waals surface area contributed by atoms with Crippen molar-refractivity contribution in [1.29, 1.82) is 0 Å². The second kappa shape index (κ2) is 49.4. The summed E-state index contributed by atoms with van der Waals surface area (Å²) in [5.74, 6) is -1.51. The Morgan fingerprint density at radius 1 is 0.400 bits per heavy atom. The maximum absolute atomic E-state index is 14.2. The van der Waals surface area contributed by atoms with E-state index in [0.29, 0.717) is 5.69 Å². The fourth-order valence-corrected chi connectivity index (χ4v) is 12.1. The summed E-state index contributed by atoms with van der Waals surface area (Å²) in [7, 11) is 0. The number of ketones is 3. The number of aryl methyl sites for hydroxylation is 1. The van der Waals surface area contributed by atoms with Crippen molar-refractivity contribution in [2.45, 2.75) is 48.5 Å². The van der Waals surface area contributed by atoms with Gasteiger partial charge >= 0.3 is 0 Å². The largest absolute Gasteiger partial charge is 0.512 e. The van der Waals surface area contributed by atoms with Crippen LogP contribution in [-0.4, -0.2) is 57.6 Å². The number of carbonyl (C=O) groups is 3. The molecule has 0 aliphatic carbocycles. The van der Waals surface area contributed by atoms with Crippen LogP contribution in [0.4, 0.5) is 8.78 Å². The van der Waals surface area contributed by atoms with E-state index >= 15 is 0 Å². The van der Waals surface area contributed by atoms with Crippen LogP contribution in [0, 0.1) is 48.9 Å². The number of halogens is 2. The van der Waals surface area contributed by atoms with Gasteiger partial charge in [0.25, 0.3) is 0 Å². The number of pyridine rings is 5. The summed E-state index contributed by atoms with van der Waals surface area (Å²) in [6.45, 7) is 10.6. The number of nitrogens with zero attached hydrogens (tertiary/aromatic N) is 5. The monoisotopic (exact) mass is 2250 g/mol. The molecule has 0 spiro atoms. The first-order valence-corrected chi connectivity index (χ1v) is 36.0. The van der Waals surface area contributed by atoms with E-state index in [1.165, 1.54) is 103 Å². The Kier molecular flexibility index (Phi) is 40.6. The average Bonchev–Trinajstić information content (AvgIpc) is 1.39. The first-order chi connectivity index (χ1) is 53.8. The van der Waals surface area contributed by atoms with Gasteiger partial charge in [0.15, 0.2) is 17.3 Å². The Labute approximate surface area is 727 Å². The van der Waals surface area contributed by atoms with Crippen molar-refractivity contribution in [2.75, 3.05) is 0 Å². The number of rotatable bonds is 10. The molecule has 3 N–H and O–H groups in total. The maximum atomic E-state index is 14.2. The second-order valence-corrected chi connectivity index (χ2v) is 25.8. The van der Waals surface area contributed by atoms with Crippen molar-refractivity contribution < 1.29 is 119 Å². The third-order valence-corrected chi connectivity index (χ3v) is 16.9. The first-order valence-electron chi connectivity index (χ1n) is 35.2. The number of carbonyl (C=O) groups excluding carboxylic acids is 3. The molecule has 115 heavy (non-hydrogen) atoms.